The third kappa shape index (κ3) is 3.63. The number of rotatable bonds is 5. The highest BCUT2D eigenvalue weighted by atomic mass is 32.1. The number of hydrogen-bond donors (Lipinski definition) is 1. The summed E-state index contributed by atoms with van der Waals surface area (Å²) in [7, 11) is 0. The van der Waals surface area contributed by atoms with Crippen LogP contribution in [0, 0.1) is 5.41 Å². The lowest BCUT2D eigenvalue weighted by Gasteiger charge is -2.49. The number of hydrogen-bond acceptors (Lipinski definition) is 4. The molecule has 0 aliphatic rings. The maximum absolute atomic E-state index is 5.89. The van der Waals surface area contributed by atoms with E-state index in [0.717, 1.165) is 11.4 Å². The standard InChI is InChI=1S/C23H29N3S/c1-21(2,3)23(17-12-8-6-9-13-17,18-14-10-7-11-15-18)16-22(4,5)19-25-26-20(24)27-19/h6-15H,16H2,1-5H3,(H2,24,26). The van der Waals surface area contributed by atoms with Crippen LogP contribution in [-0.4, -0.2) is 10.2 Å². The van der Waals surface area contributed by atoms with Gasteiger partial charge in [0.15, 0.2) is 0 Å². The Morgan fingerprint density at radius 2 is 1.26 bits per heavy atom. The maximum Gasteiger partial charge on any atom is 0.203 e. The second-order valence-corrected chi connectivity index (χ2v) is 9.90. The molecule has 1 heterocycles. The van der Waals surface area contributed by atoms with Gasteiger partial charge in [-0.25, -0.2) is 0 Å². The van der Waals surface area contributed by atoms with Crippen LogP contribution in [-0.2, 0) is 10.8 Å². The van der Waals surface area contributed by atoms with E-state index in [2.05, 4.69) is 105 Å². The Hall–Kier alpha value is -2.20. The Kier molecular flexibility index (Phi) is 5.13. The zero-order chi connectivity index (χ0) is 19.7. The van der Waals surface area contributed by atoms with Gasteiger partial charge in [-0.05, 0) is 23.0 Å². The molecule has 0 fully saturated rings. The third-order valence-electron chi connectivity index (χ3n) is 5.54. The zero-order valence-electron chi connectivity index (χ0n) is 16.9. The molecule has 0 saturated carbocycles. The van der Waals surface area contributed by atoms with Gasteiger partial charge in [-0.2, -0.15) is 0 Å². The predicted octanol–water partition coefficient (Wildman–Crippen LogP) is 5.82. The first-order chi connectivity index (χ1) is 12.7. The quantitative estimate of drug-likeness (QED) is 0.607. The lowest BCUT2D eigenvalue weighted by Crippen LogP contribution is -2.45. The van der Waals surface area contributed by atoms with Crippen LogP contribution in [0.15, 0.2) is 60.7 Å². The third-order valence-corrected chi connectivity index (χ3v) is 6.66. The van der Waals surface area contributed by atoms with Crippen molar-refractivity contribution in [2.45, 2.75) is 51.9 Å². The van der Waals surface area contributed by atoms with E-state index in [-0.39, 0.29) is 16.2 Å². The largest absolute Gasteiger partial charge is 0.374 e. The SMILES string of the molecule is CC(C)(CC(c1ccccc1)(c1ccccc1)C(C)(C)C)c1nnc(N)s1. The van der Waals surface area contributed by atoms with E-state index >= 15 is 0 Å². The molecule has 0 spiro atoms. The van der Waals surface area contributed by atoms with Crippen molar-refractivity contribution in [1.29, 1.82) is 0 Å². The summed E-state index contributed by atoms with van der Waals surface area (Å²) >= 11 is 1.49. The fourth-order valence-corrected chi connectivity index (χ4v) is 4.90. The van der Waals surface area contributed by atoms with Crippen molar-refractivity contribution in [1.82, 2.24) is 10.2 Å². The minimum atomic E-state index is -0.181. The van der Waals surface area contributed by atoms with Gasteiger partial charge in [-0.3, -0.25) is 0 Å². The maximum atomic E-state index is 5.89. The summed E-state index contributed by atoms with van der Waals surface area (Å²) in [6.45, 7) is 11.5. The van der Waals surface area contributed by atoms with Gasteiger partial charge in [-0.1, -0.05) is 107 Å². The molecular formula is C23H29N3S. The van der Waals surface area contributed by atoms with Crippen LogP contribution in [0.3, 0.4) is 0 Å². The van der Waals surface area contributed by atoms with E-state index in [1.807, 2.05) is 0 Å². The molecule has 3 nitrogen and oxygen atoms in total. The lowest BCUT2D eigenvalue weighted by molar-refractivity contribution is 0.177. The fourth-order valence-electron chi connectivity index (χ4n) is 4.19. The lowest BCUT2D eigenvalue weighted by atomic mass is 9.54. The summed E-state index contributed by atoms with van der Waals surface area (Å²) in [5, 5.41) is 9.96. The molecule has 0 saturated heterocycles. The first kappa shape index (κ1) is 19.6. The number of anilines is 1. The number of nitrogen functional groups attached to an aromatic ring is 1. The molecule has 0 aliphatic heterocycles. The number of nitrogens with two attached hydrogens (primary N) is 1. The van der Waals surface area contributed by atoms with Crippen LogP contribution in [0.4, 0.5) is 5.13 Å². The Morgan fingerprint density at radius 1 is 0.778 bits per heavy atom. The molecule has 142 valence electrons. The number of aromatic nitrogens is 2. The zero-order valence-corrected chi connectivity index (χ0v) is 17.7. The summed E-state index contributed by atoms with van der Waals surface area (Å²) in [4.78, 5) is 0. The summed E-state index contributed by atoms with van der Waals surface area (Å²) in [5.41, 5.74) is 8.18. The van der Waals surface area contributed by atoms with Crippen molar-refractivity contribution in [3.63, 3.8) is 0 Å². The Bertz CT molecular complexity index is 837. The van der Waals surface area contributed by atoms with E-state index in [0.29, 0.717) is 5.13 Å². The van der Waals surface area contributed by atoms with E-state index in [9.17, 15) is 0 Å². The molecule has 3 aromatic rings. The van der Waals surface area contributed by atoms with Crippen molar-refractivity contribution in [2.75, 3.05) is 5.73 Å². The normalized spacial score (nSPS) is 12.9. The van der Waals surface area contributed by atoms with E-state index in [4.69, 9.17) is 5.73 Å². The molecule has 3 rings (SSSR count). The molecule has 27 heavy (non-hydrogen) atoms. The molecular weight excluding hydrogens is 350 g/mol. The van der Waals surface area contributed by atoms with Gasteiger partial charge in [0, 0.05) is 10.8 Å². The van der Waals surface area contributed by atoms with Crippen LogP contribution in [0.25, 0.3) is 0 Å². The number of nitrogens with zero attached hydrogens (tertiary/aromatic N) is 2. The molecule has 0 bridgehead atoms. The Labute approximate surface area is 166 Å². The average Bonchev–Trinajstić information content (AvgIpc) is 3.08. The highest BCUT2D eigenvalue weighted by Gasteiger charge is 2.49. The summed E-state index contributed by atoms with van der Waals surface area (Å²) in [5.74, 6) is 0. The first-order valence-corrected chi connectivity index (χ1v) is 10.2. The first-order valence-electron chi connectivity index (χ1n) is 9.37. The molecule has 0 unspecified atom stereocenters. The van der Waals surface area contributed by atoms with Crippen molar-refractivity contribution >= 4 is 16.5 Å². The summed E-state index contributed by atoms with van der Waals surface area (Å²) < 4.78 is 0. The van der Waals surface area contributed by atoms with Crippen molar-refractivity contribution < 1.29 is 0 Å². The highest BCUT2D eigenvalue weighted by molar-refractivity contribution is 7.15. The van der Waals surface area contributed by atoms with Crippen molar-refractivity contribution in [2.24, 2.45) is 5.41 Å². The molecule has 1 aromatic heterocycles. The summed E-state index contributed by atoms with van der Waals surface area (Å²) in [6.07, 6.45) is 0.909. The van der Waals surface area contributed by atoms with Crippen LogP contribution in [0.1, 0.15) is 57.2 Å². The Morgan fingerprint density at radius 3 is 1.63 bits per heavy atom. The van der Waals surface area contributed by atoms with E-state index in [1.165, 1.54) is 22.5 Å². The van der Waals surface area contributed by atoms with Crippen LogP contribution >= 0.6 is 11.3 Å². The minimum absolute atomic E-state index is 0.0107. The van der Waals surface area contributed by atoms with Gasteiger partial charge in [0.25, 0.3) is 0 Å². The predicted molar refractivity (Wildman–Crippen MR) is 115 cm³/mol. The van der Waals surface area contributed by atoms with E-state index in [1.54, 1.807) is 0 Å². The van der Waals surface area contributed by atoms with Gasteiger partial charge >= 0.3 is 0 Å². The second-order valence-electron chi connectivity index (χ2n) is 8.89. The molecule has 0 aliphatic carbocycles. The van der Waals surface area contributed by atoms with Gasteiger partial charge in [0.2, 0.25) is 5.13 Å². The monoisotopic (exact) mass is 379 g/mol. The van der Waals surface area contributed by atoms with Crippen LogP contribution in [0.5, 0.6) is 0 Å². The Balaban J connectivity index is 2.24. The van der Waals surface area contributed by atoms with Crippen LogP contribution in [0.2, 0.25) is 0 Å². The van der Waals surface area contributed by atoms with Gasteiger partial charge in [0.05, 0.1) is 0 Å². The van der Waals surface area contributed by atoms with Gasteiger partial charge in [0.1, 0.15) is 5.01 Å². The minimum Gasteiger partial charge on any atom is -0.374 e. The van der Waals surface area contributed by atoms with E-state index < -0.39 is 0 Å². The molecule has 2 N–H and O–H groups in total. The molecule has 2 aromatic carbocycles. The topological polar surface area (TPSA) is 51.8 Å². The molecule has 0 amide bonds. The molecule has 0 radical (unpaired) electrons. The summed E-state index contributed by atoms with van der Waals surface area (Å²) in [6, 6.07) is 21.7. The van der Waals surface area contributed by atoms with Gasteiger partial charge in [-0.15, -0.1) is 10.2 Å². The molecule has 0 atom stereocenters. The second kappa shape index (κ2) is 7.08. The molecule has 4 heteroatoms. The van der Waals surface area contributed by atoms with Crippen molar-refractivity contribution in [3.8, 4) is 0 Å². The van der Waals surface area contributed by atoms with Gasteiger partial charge < -0.3 is 5.73 Å². The average molecular weight is 380 g/mol. The smallest absolute Gasteiger partial charge is 0.203 e. The fraction of sp³-hybridized carbons (Fsp3) is 0.391. The van der Waals surface area contributed by atoms with Crippen LogP contribution < -0.4 is 5.73 Å². The highest BCUT2D eigenvalue weighted by Crippen LogP contribution is 2.53. The number of benzene rings is 2. The van der Waals surface area contributed by atoms with Crippen molar-refractivity contribution in [3.05, 3.63) is 76.8 Å².